The minimum absolute atomic E-state index is 0.0269. The van der Waals surface area contributed by atoms with Gasteiger partial charge in [0.05, 0.1) is 27.7 Å². The molecule has 0 aromatic rings. The summed E-state index contributed by atoms with van der Waals surface area (Å²) in [4.78, 5) is 35.3. The molecular weight excluding hydrogens is 689 g/mol. The van der Waals surface area contributed by atoms with Gasteiger partial charge in [0.15, 0.2) is 6.10 Å². The molecule has 308 valence electrons. The van der Waals surface area contributed by atoms with Gasteiger partial charge in [-0.2, -0.15) is 0 Å². The van der Waals surface area contributed by atoms with Gasteiger partial charge in [0.25, 0.3) is 0 Å². The molecule has 2 atom stereocenters. The van der Waals surface area contributed by atoms with Gasteiger partial charge < -0.3 is 18.9 Å². The molecule has 1 unspecified atom stereocenters. The number of phosphoric acid groups is 1. The SMILES string of the molecule is CC/C=C\C/C=C\C/C=C\C/C=C\CCCCCCC(=O)OC[C@H](COP(=O)(O)OCC[N+](C)(C)C)OC(=O)CCCCCCCCCCCCCC. The fourth-order valence-electron chi connectivity index (χ4n) is 5.36. The van der Waals surface area contributed by atoms with E-state index in [0.717, 1.165) is 64.2 Å². The van der Waals surface area contributed by atoms with Gasteiger partial charge in [0.2, 0.25) is 0 Å². The van der Waals surface area contributed by atoms with Crippen LogP contribution in [-0.2, 0) is 32.7 Å². The monoisotopic (exact) mass is 769 g/mol. The molecular formula is C43H79NO8P+. The van der Waals surface area contributed by atoms with Crippen LogP contribution in [0.2, 0.25) is 0 Å². The van der Waals surface area contributed by atoms with Crippen molar-refractivity contribution in [2.24, 2.45) is 0 Å². The lowest BCUT2D eigenvalue weighted by Gasteiger charge is -2.24. The average Bonchev–Trinajstić information content (AvgIpc) is 3.10. The van der Waals surface area contributed by atoms with Crippen molar-refractivity contribution >= 4 is 19.8 Å². The molecule has 0 rings (SSSR count). The summed E-state index contributed by atoms with van der Waals surface area (Å²) in [6, 6.07) is 0. The number of carbonyl (C=O) groups is 2. The lowest BCUT2D eigenvalue weighted by Crippen LogP contribution is -2.37. The van der Waals surface area contributed by atoms with Crippen molar-refractivity contribution in [3.63, 3.8) is 0 Å². The van der Waals surface area contributed by atoms with Crippen LogP contribution in [0.1, 0.15) is 162 Å². The number of phosphoric ester groups is 1. The quantitative estimate of drug-likeness (QED) is 0.0219. The van der Waals surface area contributed by atoms with E-state index in [0.29, 0.717) is 23.9 Å². The minimum Gasteiger partial charge on any atom is -0.462 e. The van der Waals surface area contributed by atoms with E-state index in [2.05, 4.69) is 62.5 Å². The fraction of sp³-hybridized carbons (Fsp3) is 0.767. The second-order valence-corrected chi connectivity index (χ2v) is 16.5. The lowest BCUT2D eigenvalue weighted by molar-refractivity contribution is -0.870. The highest BCUT2D eigenvalue weighted by atomic mass is 31.2. The number of nitrogens with zero attached hydrogens (tertiary/aromatic N) is 1. The molecule has 0 aliphatic carbocycles. The van der Waals surface area contributed by atoms with E-state index in [4.69, 9.17) is 18.5 Å². The summed E-state index contributed by atoms with van der Waals surface area (Å²) < 4.78 is 34.2. The van der Waals surface area contributed by atoms with Crippen LogP contribution in [0.4, 0.5) is 0 Å². The number of carbonyl (C=O) groups excluding carboxylic acids is 2. The zero-order valence-electron chi connectivity index (χ0n) is 34.5. The summed E-state index contributed by atoms with van der Waals surface area (Å²) in [7, 11) is 1.46. The molecule has 10 heteroatoms. The molecule has 0 saturated carbocycles. The van der Waals surface area contributed by atoms with Crippen LogP contribution < -0.4 is 0 Å². The number of ether oxygens (including phenoxy) is 2. The second kappa shape index (κ2) is 35.7. The number of likely N-dealkylation sites (N-methyl/N-ethyl adjacent to an activating group) is 1. The van der Waals surface area contributed by atoms with Crippen LogP contribution >= 0.6 is 7.82 Å². The molecule has 0 radical (unpaired) electrons. The zero-order chi connectivity index (χ0) is 39.3. The van der Waals surface area contributed by atoms with Crippen molar-refractivity contribution in [1.82, 2.24) is 0 Å². The summed E-state index contributed by atoms with van der Waals surface area (Å²) >= 11 is 0. The molecule has 0 aliphatic heterocycles. The number of esters is 2. The first-order valence-corrected chi connectivity index (χ1v) is 22.4. The molecule has 0 bridgehead atoms. The third-order valence-electron chi connectivity index (χ3n) is 8.62. The molecule has 0 aromatic carbocycles. The van der Waals surface area contributed by atoms with Gasteiger partial charge in [0, 0.05) is 12.8 Å². The van der Waals surface area contributed by atoms with Crippen molar-refractivity contribution in [3.8, 4) is 0 Å². The maximum Gasteiger partial charge on any atom is 0.472 e. The third-order valence-corrected chi connectivity index (χ3v) is 9.61. The third kappa shape index (κ3) is 39.5. The normalized spacial score (nSPS) is 14.2. The Labute approximate surface area is 324 Å². The van der Waals surface area contributed by atoms with Crippen molar-refractivity contribution < 1.29 is 42.1 Å². The fourth-order valence-corrected chi connectivity index (χ4v) is 6.10. The Morgan fingerprint density at radius 2 is 1.08 bits per heavy atom. The highest BCUT2D eigenvalue weighted by Gasteiger charge is 2.27. The summed E-state index contributed by atoms with van der Waals surface area (Å²) in [5, 5.41) is 0. The van der Waals surface area contributed by atoms with Crippen molar-refractivity contribution in [1.29, 1.82) is 0 Å². The molecule has 0 aliphatic rings. The van der Waals surface area contributed by atoms with Crippen molar-refractivity contribution in [3.05, 3.63) is 48.6 Å². The van der Waals surface area contributed by atoms with Gasteiger partial charge in [-0.25, -0.2) is 4.57 Å². The van der Waals surface area contributed by atoms with Gasteiger partial charge in [-0.05, 0) is 51.4 Å². The Bertz CT molecular complexity index is 1050. The van der Waals surface area contributed by atoms with Crippen LogP contribution in [0.25, 0.3) is 0 Å². The Balaban J connectivity index is 4.42. The average molecular weight is 769 g/mol. The smallest absolute Gasteiger partial charge is 0.462 e. The van der Waals surface area contributed by atoms with Gasteiger partial charge in [-0.1, -0.05) is 146 Å². The van der Waals surface area contributed by atoms with E-state index in [1.54, 1.807) is 0 Å². The number of rotatable bonds is 37. The maximum atomic E-state index is 12.6. The second-order valence-electron chi connectivity index (χ2n) is 15.0. The number of quaternary nitrogens is 1. The van der Waals surface area contributed by atoms with Gasteiger partial charge in [-0.15, -0.1) is 0 Å². The molecule has 0 fully saturated rings. The van der Waals surface area contributed by atoms with Crippen LogP contribution in [0.5, 0.6) is 0 Å². The summed E-state index contributed by atoms with van der Waals surface area (Å²) in [5.74, 6) is -0.828. The molecule has 0 saturated heterocycles. The topological polar surface area (TPSA) is 108 Å². The number of hydrogen-bond acceptors (Lipinski definition) is 7. The first-order chi connectivity index (χ1) is 25.5. The first-order valence-electron chi connectivity index (χ1n) is 20.9. The summed E-state index contributed by atoms with van der Waals surface area (Å²) in [6.45, 7) is 4.26. The van der Waals surface area contributed by atoms with Crippen LogP contribution in [-0.4, -0.2) is 74.9 Å². The van der Waals surface area contributed by atoms with E-state index in [1.807, 2.05) is 21.1 Å². The van der Waals surface area contributed by atoms with Crippen molar-refractivity contribution in [2.75, 3.05) is 47.5 Å². The van der Waals surface area contributed by atoms with Gasteiger partial charge >= 0.3 is 19.8 Å². The highest BCUT2D eigenvalue weighted by Crippen LogP contribution is 2.43. The number of allylic oxidation sites excluding steroid dienone is 8. The zero-order valence-corrected chi connectivity index (χ0v) is 35.4. The lowest BCUT2D eigenvalue weighted by atomic mass is 10.0. The Morgan fingerprint density at radius 1 is 0.604 bits per heavy atom. The van der Waals surface area contributed by atoms with E-state index in [1.165, 1.54) is 57.8 Å². The van der Waals surface area contributed by atoms with Crippen molar-refractivity contribution in [2.45, 2.75) is 168 Å². The highest BCUT2D eigenvalue weighted by molar-refractivity contribution is 7.47. The molecule has 1 N–H and O–H groups in total. The summed E-state index contributed by atoms with van der Waals surface area (Å²) in [5.41, 5.74) is 0. The number of unbranched alkanes of at least 4 members (excludes halogenated alkanes) is 15. The maximum absolute atomic E-state index is 12.6. The first kappa shape index (κ1) is 51.0. The Hall–Kier alpha value is -2.03. The summed E-state index contributed by atoms with van der Waals surface area (Å²) in [6.07, 6.45) is 40.1. The Kier molecular flexibility index (Phi) is 34.3. The molecule has 0 spiro atoms. The predicted molar refractivity (Wildman–Crippen MR) is 220 cm³/mol. The molecule has 53 heavy (non-hydrogen) atoms. The molecule has 0 aromatic heterocycles. The molecule has 9 nitrogen and oxygen atoms in total. The Morgan fingerprint density at radius 3 is 1.60 bits per heavy atom. The minimum atomic E-state index is -4.38. The van der Waals surface area contributed by atoms with Crippen LogP contribution in [0, 0.1) is 0 Å². The number of hydrogen-bond donors (Lipinski definition) is 1. The van der Waals surface area contributed by atoms with E-state index < -0.39 is 32.5 Å². The molecule has 0 heterocycles. The largest absolute Gasteiger partial charge is 0.472 e. The van der Waals surface area contributed by atoms with Gasteiger partial charge in [-0.3, -0.25) is 18.6 Å². The molecule has 0 amide bonds. The van der Waals surface area contributed by atoms with E-state index in [9.17, 15) is 19.0 Å². The predicted octanol–water partition coefficient (Wildman–Crippen LogP) is 11.5. The van der Waals surface area contributed by atoms with E-state index in [-0.39, 0.29) is 26.1 Å². The van der Waals surface area contributed by atoms with Gasteiger partial charge in [0.1, 0.15) is 19.8 Å². The van der Waals surface area contributed by atoms with Crippen LogP contribution in [0.3, 0.4) is 0 Å². The van der Waals surface area contributed by atoms with Crippen LogP contribution in [0.15, 0.2) is 48.6 Å². The standard InChI is InChI=1S/C43H78NO8P/c1-6-8-10-12-14-16-18-20-21-22-23-24-26-27-29-31-33-35-42(45)49-39-41(40-51-53(47,48)50-38-37-44(3,4)5)52-43(46)36-34-32-30-28-25-19-17-15-13-11-9-7-2/h8,10,14,16,20-21,23-24,41H,6-7,9,11-13,15,17-19,22,25-40H2,1-5H3/p+1/b10-8-,16-14-,21-20-,24-23-/t41-/m1/s1. The van der Waals surface area contributed by atoms with E-state index >= 15 is 0 Å².